The summed E-state index contributed by atoms with van der Waals surface area (Å²) in [5.41, 5.74) is 1.44. The van der Waals surface area contributed by atoms with Crippen molar-refractivity contribution in [2.24, 2.45) is 0 Å². The third-order valence-corrected chi connectivity index (χ3v) is 2.85. The smallest absolute Gasteiger partial charge is 0.171 e. The third-order valence-electron chi connectivity index (χ3n) is 2.85. The SMILES string of the molecule is CCCCCCC[n+]1cccc(CC)c1.[F-]. The number of hydrogen-bond acceptors (Lipinski definition) is 0. The van der Waals surface area contributed by atoms with E-state index in [1.54, 1.807) is 0 Å². The van der Waals surface area contributed by atoms with Crippen LogP contribution >= 0.6 is 0 Å². The van der Waals surface area contributed by atoms with Crippen molar-refractivity contribution >= 4 is 0 Å². The van der Waals surface area contributed by atoms with Gasteiger partial charge in [-0.15, -0.1) is 0 Å². The van der Waals surface area contributed by atoms with Crippen LogP contribution in [0.4, 0.5) is 0 Å². The van der Waals surface area contributed by atoms with Gasteiger partial charge in [0.1, 0.15) is 6.54 Å². The van der Waals surface area contributed by atoms with Crippen LogP contribution in [0.15, 0.2) is 24.5 Å². The summed E-state index contributed by atoms with van der Waals surface area (Å²) in [5, 5.41) is 0. The van der Waals surface area contributed by atoms with Gasteiger partial charge in [-0.3, -0.25) is 0 Å². The van der Waals surface area contributed by atoms with Crippen molar-refractivity contribution in [3.63, 3.8) is 0 Å². The molecule has 1 aromatic heterocycles. The van der Waals surface area contributed by atoms with E-state index < -0.39 is 0 Å². The van der Waals surface area contributed by atoms with Gasteiger partial charge in [0.2, 0.25) is 0 Å². The minimum absolute atomic E-state index is 0. The summed E-state index contributed by atoms with van der Waals surface area (Å²) in [6.45, 7) is 5.65. The lowest BCUT2D eigenvalue weighted by atomic mass is 10.1. The van der Waals surface area contributed by atoms with Gasteiger partial charge in [0.05, 0.1) is 0 Å². The molecule has 0 spiro atoms. The minimum atomic E-state index is 0. The molecule has 0 N–H and O–H groups in total. The molecule has 0 bridgehead atoms. The summed E-state index contributed by atoms with van der Waals surface area (Å²) in [5.74, 6) is 0. The number of pyridine rings is 1. The molecule has 0 aromatic carbocycles. The van der Waals surface area contributed by atoms with Crippen LogP contribution in [-0.4, -0.2) is 0 Å². The van der Waals surface area contributed by atoms with Gasteiger partial charge >= 0.3 is 0 Å². The highest BCUT2D eigenvalue weighted by molar-refractivity contribution is 5.04. The van der Waals surface area contributed by atoms with Gasteiger partial charge in [0.25, 0.3) is 0 Å². The molecule has 0 unspecified atom stereocenters. The summed E-state index contributed by atoms with van der Waals surface area (Å²) in [6.07, 6.45) is 12.4. The maximum Gasteiger partial charge on any atom is 0.171 e. The number of hydrogen-bond donors (Lipinski definition) is 0. The standard InChI is InChI=1S/C14H24N.FH/c1-3-5-6-7-8-11-15-12-9-10-14(4-2)13-15;/h9-10,12-13H,3-8,11H2,1-2H3;1H/q+1;/p-1. The summed E-state index contributed by atoms with van der Waals surface area (Å²) < 4.78 is 2.32. The average Bonchev–Trinajstić information content (AvgIpc) is 2.29. The van der Waals surface area contributed by atoms with Gasteiger partial charge in [0, 0.05) is 18.1 Å². The molecular formula is C14H24FN. The second kappa shape index (κ2) is 9.32. The van der Waals surface area contributed by atoms with E-state index in [1.807, 2.05) is 0 Å². The zero-order valence-electron chi connectivity index (χ0n) is 10.6. The van der Waals surface area contributed by atoms with E-state index in [0.717, 1.165) is 6.42 Å². The van der Waals surface area contributed by atoms with Gasteiger partial charge in [-0.25, -0.2) is 4.57 Å². The minimum Gasteiger partial charge on any atom is -1.00 e. The normalized spacial score (nSPS) is 9.88. The molecule has 1 aromatic rings. The quantitative estimate of drug-likeness (QED) is 0.470. The molecule has 0 saturated heterocycles. The first kappa shape index (κ1) is 15.1. The molecule has 1 nitrogen and oxygen atoms in total. The molecule has 0 fully saturated rings. The van der Waals surface area contributed by atoms with Gasteiger partial charge in [-0.05, 0) is 18.9 Å². The third kappa shape index (κ3) is 5.84. The zero-order valence-corrected chi connectivity index (χ0v) is 10.6. The molecule has 1 rings (SSSR count). The number of aryl methyl sites for hydroxylation is 2. The second-order valence-corrected chi connectivity index (χ2v) is 4.22. The lowest BCUT2D eigenvalue weighted by molar-refractivity contribution is -0.697. The highest BCUT2D eigenvalue weighted by Crippen LogP contribution is 2.02. The highest BCUT2D eigenvalue weighted by Gasteiger charge is 2.00. The van der Waals surface area contributed by atoms with Crippen LogP contribution in [-0.2, 0) is 13.0 Å². The number of aromatic nitrogens is 1. The molecule has 0 aliphatic rings. The van der Waals surface area contributed by atoms with E-state index in [4.69, 9.17) is 0 Å². The van der Waals surface area contributed by atoms with Crippen LogP contribution in [0, 0.1) is 0 Å². The molecular weight excluding hydrogens is 201 g/mol. The topological polar surface area (TPSA) is 3.88 Å². The number of rotatable bonds is 7. The van der Waals surface area contributed by atoms with Crippen LogP contribution in [0.2, 0.25) is 0 Å². The average molecular weight is 225 g/mol. The number of halogens is 1. The fourth-order valence-electron chi connectivity index (χ4n) is 1.82. The molecule has 0 amide bonds. The van der Waals surface area contributed by atoms with E-state index >= 15 is 0 Å². The Morgan fingerprint density at radius 2 is 1.81 bits per heavy atom. The highest BCUT2D eigenvalue weighted by atomic mass is 19.0. The van der Waals surface area contributed by atoms with E-state index in [-0.39, 0.29) is 4.70 Å². The maximum absolute atomic E-state index is 2.32. The Hall–Kier alpha value is -0.920. The Kier molecular flexibility index (Phi) is 8.78. The first-order valence-corrected chi connectivity index (χ1v) is 6.34. The van der Waals surface area contributed by atoms with Crippen LogP contribution in [0.1, 0.15) is 51.5 Å². The van der Waals surface area contributed by atoms with Gasteiger partial charge in [0.15, 0.2) is 12.4 Å². The Bertz CT molecular complexity index is 273. The molecule has 0 saturated carbocycles. The number of nitrogens with zero attached hydrogens (tertiary/aromatic N) is 1. The Labute approximate surface area is 98.9 Å². The van der Waals surface area contributed by atoms with E-state index in [0.29, 0.717) is 0 Å². The predicted molar refractivity (Wildman–Crippen MR) is 64.8 cm³/mol. The lowest BCUT2D eigenvalue weighted by Crippen LogP contribution is -3.00. The summed E-state index contributed by atoms with van der Waals surface area (Å²) in [7, 11) is 0. The first-order chi connectivity index (χ1) is 7.36. The molecule has 16 heavy (non-hydrogen) atoms. The predicted octanol–water partition coefficient (Wildman–Crippen LogP) is 0.511. The molecule has 0 aliphatic carbocycles. The van der Waals surface area contributed by atoms with Gasteiger partial charge in [-0.1, -0.05) is 33.1 Å². The van der Waals surface area contributed by atoms with Crippen LogP contribution < -0.4 is 9.27 Å². The monoisotopic (exact) mass is 225 g/mol. The van der Waals surface area contributed by atoms with Crippen molar-refractivity contribution in [1.82, 2.24) is 0 Å². The van der Waals surface area contributed by atoms with Crippen molar-refractivity contribution < 1.29 is 9.27 Å². The fraction of sp³-hybridized carbons (Fsp3) is 0.643. The van der Waals surface area contributed by atoms with E-state index in [9.17, 15) is 0 Å². The van der Waals surface area contributed by atoms with Crippen LogP contribution in [0.3, 0.4) is 0 Å². The van der Waals surface area contributed by atoms with Gasteiger partial charge < -0.3 is 4.70 Å². The van der Waals surface area contributed by atoms with Crippen LogP contribution in [0.25, 0.3) is 0 Å². The van der Waals surface area contributed by atoms with Crippen molar-refractivity contribution in [2.45, 2.75) is 58.9 Å². The largest absolute Gasteiger partial charge is 1.00 e. The van der Waals surface area contributed by atoms with Crippen molar-refractivity contribution in [3.05, 3.63) is 30.1 Å². The second-order valence-electron chi connectivity index (χ2n) is 4.22. The van der Waals surface area contributed by atoms with Crippen LogP contribution in [0.5, 0.6) is 0 Å². The Morgan fingerprint density at radius 3 is 2.50 bits per heavy atom. The van der Waals surface area contributed by atoms with Crippen molar-refractivity contribution in [3.8, 4) is 0 Å². The molecule has 0 aliphatic heterocycles. The van der Waals surface area contributed by atoms with Crippen molar-refractivity contribution in [2.75, 3.05) is 0 Å². The summed E-state index contributed by atoms with van der Waals surface area (Å²) >= 11 is 0. The number of unbranched alkanes of at least 4 members (excludes halogenated alkanes) is 4. The maximum atomic E-state index is 2.32. The molecule has 92 valence electrons. The first-order valence-electron chi connectivity index (χ1n) is 6.34. The molecule has 2 heteroatoms. The van der Waals surface area contributed by atoms with Gasteiger partial charge in [-0.2, -0.15) is 0 Å². The molecule has 0 radical (unpaired) electrons. The lowest BCUT2D eigenvalue weighted by Gasteiger charge is -1.99. The van der Waals surface area contributed by atoms with E-state index in [2.05, 4.69) is 42.9 Å². The summed E-state index contributed by atoms with van der Waals surface area (Å²) in [6, 6.07) is 4.36. The Morgan fingerprint density at radius 1 is 1.06 bits per heavy atom. The zero-order chi connectivity index (χ0) is 10.9. The van der Waals surface area contributed by atoms with Crippen molar-refractivity contribution in [1.29, 1.82) is 0 Å². The Balaban J connectivity index is 0.00000225. The van der Waals surface area contributed by atoms with E-state index in [1.165, 1.54) is 44.2 Å². The summed E-state index contributed by atoms with van der Waals surface area (Å²) in [4.78, 5) is 0. The molecule has 1 heterocycles. The fourth-order valence-corrected chi connectivity index (χ4v) is 1.82. The molecule has 0 atom stereocenters.